The van der Waals surface area contributed by atoms with E-state index in [4.69, 9.17) is 0 Å². The minimum Gasteiger partial charge on any atom is -0.342 e. The van der Waals surface area contributed by atoms with Crippen molar-refractivity contribution < 1.29 is 4.79 Å². The number of likely N-dealkylation sites (tertiary alicyclic amines) is 1. The van der Waals surface area contributed by atoms with Gasteiger partial charge in [-0.1, -0.05) is 6.42 Å². The summed E-state index contributed by atoms with van der Waals surface area (Å²) in [6.45, 7) is 6.11. The summed E-state index contributed by atoms with van der Waals surface area (Å²) in [6.07, 6.45) is 6.40. The van der Waals surface area contributed by atoms with Crippen LogP contribution >= 0.6 is 0 Å². The second-order valence-corrected chi connectivity index (χ2v) is 5.81. The van der Waals surface area contributed by atoms with Crippen LogP contribution in [0.5, 0.6) is 0 Å². The Morgan fingerprint density at radius 1 is 1.33 bits per heavy atom. The van der Waals surface area contributed by atoms with Crippen molar-refractivity contribution in [1.82, 2.24) is 15.1 Å². The van der Waals surface area contributed by atoms with Gasteiger partial charge in [0.05, 0.1) is 6.54 Å². The Labute approximate surface area is 111 Å². The van der Waals surface area contributed by atoms with E-state index in [1.807, 2.05) is 11.9 Å². The molecule has 0 spiro atoms. The zero-order valence-corrected chi connectivity index (χ0v) is 11.8. The highest BCUT2D eigenvalue weighted by molar-refractivity contribution is 5.78. The van der Waals surface area contributed by atoms with Gasteiger partial charge in [-0.05, 0) is 45.7 Å². The maximum atomic E-state index is 11.8. The van der Waals surface area contributed by atoms with E-state index in [2.05, 4.69) is 17.1 Å². The SMILES string of the molecule is CC(CNCC(=O)N(C)C1CC1)N1CCCCC1. The summed E-state index contributed by atoms with van der Waals surface area (Å²) in [4.78, 5) is 16.3. The van der Waals surface area contributed by atoms with Gasteiger partial charge in [-0.15, -0.1) is 0 Å². The second kappa shape index (κ2) is 6.53. The Hall–Kier alpha value is -0.610. The van der Waals surface area contributed by atoms with Gasteiger partial charge in [-0.3, -0.25) is 9.69 Å². The fourth-order valence-corrected chi connectivity index (χ4v) is 2.67. The number of hydrogen-bond donors (Lipinski definition) is 1. The van der Waals surface area contributed by atoms with Crippen LogP contribution in [0.15, 0.2) is 0 Å². The normalized spacial score (nSPS) is 22.8. The molecule has 1 heterocycles. The molecule has 4 nitrogen and oxygen atoms in total. The summed E-state index contributed by atoms with van der Waals surface area (Å²) in [5, 5.41) is 3.31. The molecule has 2 fully saturated rings. The lowest BCUT2D eigenvalue weighted by Crippen LogP contribution is -2.45. The minimum atomic E-state index is 0.239. The predicted molar refractivity (Wildman–Crippen MR) is 73.5 cm³/mol. The summed E-state index contributed by atoms with van der Waals surface area (Å²) in [5.74, 6) is 0.239. The lowest BCUT2D eigenvalue weighted by Gasteiger charge is -2.32. The molecule has 0 aromatic heterocycles. The maximum absolute atomic E-state index is 11.8. The first-order valence-corrected chi connectivity index (χ1v) is 7.39. The lowest BCUT2D eigenvalue weighted by molar-refractivity contribution is -0.129. The average molecular weight is 253 g/mol. The molecule has 1 N–H and O–H groups in total. The molecule has 0 bridgehead atoms. The molecule has 1 amide bonds. The van der Waals surface area contributed by atoms with Gasteiger partial charge in [0.25, 0.3) is 0 Å². The van der Waals surface area contributed by atoms with E-state index in [-0.39, 0.29) is 5.91 Å². The van der Waals surface area contributed by atoms with Gasteiger partial charge in [0.2, 0.25) is 5.91 Å². The van der Waals surface area contributed by atoms with E-state index >= 15 is 0 Å². The van der Waals surface area contributed by atoms with Gasteiger partial charge in [0.15, 0.2) is 0 Å². The summed E-state index contributed by atoms with van der Waals surface area (Å²) in [7, 11) is 1.93. The van der Waals surface area contributed by atoms with Crippen molar-refractivity contribution in [1.29, 1.82) is 0 Å². The molecule has 0 aromatic carbocycles. The molecule has 1 aliphatic heterocycles. The van der Waals surface area contributed by atoms with Gasteiger partial charge < -0.3 is 10.2 Å². The average Bonchev–Trinajstić information content (AvgIpc) is 3.23. The first kappa shape index (κ1) is 13.8. The Morgan fingerprint density at radius 3 is 2.61 bits per heavy atom. The smallest absolute Gasteiger partial charge is 0.236 e. The molecule has 2 aliphatic rings. The second-order valence-electron chi connectivity index (χ2n) is 5.81. The van der Waals surface area contributed by atoms with Crippen LogP contribution in [0, 0.1) is 0 Å². The van der Waals surface area contributed by atoms with Gasteiger partial charge in [-0.2, -0.15) is 0 Å². The highest BCUT2D eigenvalue weighted by Gasteiger charge is 2.29. The van der Waals surface area contributed by atoms with E-state index < -0.39 is 0 Å². The maximum Gasteiger partial charge on any atom is 0.236 e. The number of nitrogens with zero attached hydrogens (tertiary/aromatic N) is 2. The third-order valence-corrected chi connectivity index (χ3v) is 4.22. The van der Waals surface area contributed by atoms with Crippen molar-refractivity contribution in [2.75, 3.05) is 33.2 Å². The van der Waals surface area contributed by atoms with Crippen molar-refractivity contribution >= 4 is 5.91 Å². The number of amides is 1. The van der Waals surface area contributed by atoms with Crippen molar-refractivity contribution in [3.8, 4) is 0 Å². The predicted octanol–water partition coefficient (Wildman–Crippen LogP) is 1.07. The van der Waals surface area contributed by atoms with Crippen LogP contribution < -0.4 is 5.32 Å². The lowest BCUT2D eigenvalue weighted by atomic mass is 10.1. The summed E-state index contributed by atoms with van der Waals surface area (Å²) in [6, 6.07) is 1.07. The van der Waals surface area contributed by atoms with Crippen LogP contribution in [-0.2, 0) is 4.79 Å². The molecule has 0 radical (unpaired) electrons. The summed E-state index contributed by atoms with van der Waals surface area (Å²) < 4.78 is 0. The summed E-state index contributed by atoms with van der Waals surface area (Å²) in [5.41, 5.74) is 0. The van der Waals surface area contributed by atoms with E-state index in [1.54, 1.807) is 0 Å². The molecule has 104 valence electrons. The van der Waals surface area contributed by atoms with Crippen molar-refractivity contribution in [3.63, 3.8) is 0 Å². The molecule has 0 aromatic rings. The fraction of sp³-hybridized carbons (Fsp3) is 0.929. The highest BCUT2D eigenvalue weighted by atomic mass is 16.2. The molecule has 1 unspecified atom stereocenters. The molecule has 1 aliphatic carbocycles. The van der Waals surface area contributed by atoms with Crippen molar-refractivity contribution in [3.05, 3.63) is 0 Å². The molecular weight excluding hydrogens is 226 g/mol. The minimum absolute atomic E-state index is 0.239. The topological polar surface area (TPSA) is 35.6 Å². The first-order valence-electron chi connectivity index (χ1n) is 7.39. The zero-order valence-electron chi connectivity index (χ0n) is 11.8. The molecule has 1 saturated heterocycles. The third-order valence-electron chi connectivity index (χ3n) is 4.22. The van der Waals surface area contributed by atoms with E-state index in [1.165, 1.54) is 45.2 Å². The molecule has 1 saturated carbocycles. The van der Waals surface area contributed by atoms with Gasteiger partial charge in [0, 0.05) is 25.7 Å². The van der Waals surface area contributed by atoms with Crippen LogP contribution in [0.2, 0.25) is 0 Å². The monoisotopic (exact) mass is 253 g/mol. The van der Waals surface area contributed by atoms with Gasteiger partial charge in [0.1, 0.15) is 0 Å². The largest absolute Gasteiger partial charge is 0.342 e. The number of hydrogen-bond acceptors (Lipinski definition) is 3. The summed E-state index contributed by atoms with van der Waals surface area (Å²) >= 11 is 0. The van der Waals surface area contributed by atoms with Crippen LogP contribution in [0.4, 0.5) is 0 Å². The third kappa shape index (κ3) is 3.95. The number of nitrogens with one attached hydrogen (secondary N) is 1. The van der Waals surface area contributed by atoms with Crippen molar-refractivity contribution in [2.24, 2.45) is 0 Å². The highest BCUT2D eigenvalue weighted by Crippen LogP contribution is 2.25. The first-order chi connectivity index (χ1) is 8.68. The van der Waals surface area contributed by atoms with E-state index in [9.17, 15) is 4.79 Å². The standard InChI is InChI=1S/C14H27N3O/c1-12(17-8-4-3-5-9-17)10-15-11-14(18)16(2)13-6-7-13/h12-13,15H,3-11H2,1-2H3. The number of piperidine rings is 1. The van der Waals surface area contributed by atoms with Crippen LogP contribution in [0.25, 0.3) is 0 Å². The molecule has 2 rings (SSSR count). The van der Waals surface area contributed by atoms with E-state index in [0.717, 1.165) is 6.54 Å². The van der Waals surface area contributed by atoms with Crippen LogP contribution in [0.3, 0.4) is 0 Å². The number of carbonyl (C=O) groups excluding carboxylic acids is 1. The fourth-order valence-electron chi connectivity index (χ4n) is 2.67. The van der Waals surface area contributed by atoms with E-state index in [0.29, 0.717) is 18.6 Å². The van der Waals surface area contributed by atoms with Crippen LogP contribution in [0.1, 0.15) is 39.0 Å². The van der Waals surface area contributed by atoms with Crippen LogP contribution in [-0.4, -0.2) is 61.0 Å². The molecule has 18 heavy (non-hydrogen) atoms. The van der Waals surface area contributed by atoms with Gasteiger partial charge >= 0.3 is 0 Å². The molecule has 1 atom stereocenters. The number of likely N-dealkylation sites (N-methyl/N-ethyl adjacent to an activating group) is 1. The van der Waals surface area contributed by atoms with Crippen molar-refractivity contribution in [2.45, 2.75) is 51.1 Å². The Kier molecular flexibility index (Phi) is 5.01. The number of carbonyl (C=O) groups is 1. The Bertz CT molecular complexity index is 272. The Morgan fingerprint density at radius 2 is 2.00 bits per heavy atom. The number of rotatable bonds is 6. The quantitative estimate of drug-likeness (QED) is 0.769. The molecular formula is C14H27N3O. The molecule has 4 heteroatoms. The Balaban J connectivity index is 1.60. The zero-order chi connectivity index (χ0) is 13.0. The van der Waals surface area contributed by atoms with Gasteiger partial charge in [-0.25, -0.2) is 0 Å².